The molecule has 1 amide bonds. The molecule has 1 heterocycles. The molecule has 3 nitrogen and oxygen atoms in total. The van der Waals surface area contributed by atoms with E-state index < -0.39 is 11.7 Å². The molecule has 0 bridgehead atoms. The summed E-state index contributed by atoms with van der Waals surface area (Å²) in [6.45, 7) is 6.36. The molecule has 1 saturated heterocycles. The van der Waals surface area contributed by atoms with E-state index in [4.69, 9.17) is 5.73 Å². The Hall–Kier alpha value is -2.60. The zero-order chi connectivity index (χ0) is 20.5. The van der Waals surface area contributed by atoms with Crippen LogP contribution in [-0.2, 0) is 6.18 Å². The van der Waals surface area contributed by atoms with Gasteiger partial charge in [-0.2, -0.15) is 13.2 Å². The number of nitrogens with zero attached hydrogens (tertiary/aromatic N) is 1. The van der Waals surface area contributed by atoms with Gasteiger partial charge in [-0.3, -0.25) is 4.79 Å². The van der Waals surface area contributed by atoms with Crippen LogP contribution in [0.1, 0.15) is 34.3 Å². The predicted octanol–water partition coefficient (Wildman–Crippen LogP) is 4.80. The first-order chi connectivity index (χ1) is 13.1. The third kappa shape index (κ3) is 4.12. The molecule has 0 aliphatic carbocycles. The molecule has 0 spiro atoms. The van der Waals surface area contributed by atoms with Crippen LogP contribution in [0, 0.1) is 6.92 Å². The van der Waals surface area contributed by atoms with E-state index in [-0.39, 0.29) is 11.4 Å². The predicted molar refractivity (Wildman–Crippen MR) is 104 cm³/mol. The van der Waals surface area contributed by atoms with Crippen LogP contribution in [0.2, 0.25) is 0 Å². The van der Waals surface area contributed by atoms with Crippen molar-refractivity contribution in [1.82, 2.24) is 4.90 Å². The number of nitrogens with two attached hydrogens (primary N) is 1. The van der Waals surface area contributed by atoms with E-state index in [1.54, 1.807) is 36.1 Å². The van der Waals surface area contributed by atoms with Gasteiger partial charge in [-0.1, -0.05) is 24.3 Å². The Kier molecular flexibility index (Phi) is 5.35. The van der Waals surface area contributed by atoms with Crippen LogP contribution in [0.15, 0.2) is 55.1 Å². The minimum atomic E-state index is -4.36. The lowest BCUT2D eigenvalue weighted by molar-refractivity contribution is -0.137. The Morgan fingerprint density at radius 1 is 1.21 bits per heavy atom. The molecule has 1 fully saturated rings. The van der Waals surface area contributed by atoms with Crippen LogP contribution in [0.4, 0.5) is 13.2 Å². The number of carbonyl (C=O) groups is 1. The van der Waals surface area contributed by atoms with Gasteiger partial charge in [0.2, 0.25) is 0 Å². The maximum absolute atomic E-state index is 12.8. The molecule has 3 rings (SSSR count). The molecule has 2 aromatic carbocycles. The van der Waals surface area contributed by atoms with Crippen molar-refractivity contribution in [3.05, 3.63) is 71.8 Å². The molecule has 0 unspecified atom stereocenters. The molecule has 6 heteroatoms. The summed E-state index contributed by atoms with van der Waals surface area (Å²) in [5.74, 6) is -0.0876. The van der Waals surface area contributed by atoms with E-state index in [0.29, 0.717) is 29.8 Å². The van der Waals surface area contributed by atoms with Gasteiger partial charge in [0.15, 0.2) is 0 Å². The number of amides is 1. The van der Waals surface area contributed by atoms with Crippen molar-refractivity contribution in [2.75, 3.05) is 13.1 Å². The summed E-state index contributed by atoms with van der Waals surface area (Å²) in [5, 5.41) is 0. The number of likely N-dealkylation sites (tertiary alicyclic amines) is 1. The standard InChI is InChI=1S/C22H23F3N2O/c1-3-4-11-21(26)13-27(14-21)20(28)17-7-5-16(6-8-17)19-10-9-18(12-15(19)2)22(23,24)25/h3,5-10,12H,1,4,11,13-14,26H2,2H3. The van der Waals surface area contributed by atoms with Crippen LogP contribution in [0.3, 0.4) is 0 Å². The Labute approximate surface area is 162 Å². The SMILES string of the molecule is C=CCCC1(N)CN(C(=O)c2ccc(-c3ccc(C(F)(F)F)cc3C)cc2)C1. The molecule has 148 valence electrons. The van der Waals surface area contributed by atoms with Crippen molar-refractivity contribution >= 4 is 5.91 Å². The summed E-state index contributed by atoms with van der Waals surface area (Å²) < 4.78 is 38.5. The van der Waals surface area contributed by atoms with Crippen LogP contribution < -0.4 is 5.73 Å². The topological polar surface area (TPSA) is 46.3 Å². The normalized spacial score (nSPS) is 15.8. The molecule has 0 aromatic heterocycles. The number of benzene rings is 2. The fourth-order valence-corrected chi connectivity index (χ4v) is 3.54. The van der Waals surface area contributed by atoms with Crippen molar-refractivity contribution in [2.24, 2.45) is 5.73 Å². The van der Waals surface area contributed by atoms with Gasteiger partial charge >= 0.3 is 6.18 Å². The summed E-state index contributed by atoms with van der Waals surface area (Å²) in [4.78, 5) is 14.3. The number of rotatable bonds is 5. The number of hydrogen-bond acceptors (Lipinski definition) is 2. The molecule has 1 aliphatic heterocycles. The van der Waals surface area contributed by atoms with Gasteiger partial charge in [-0.05, 0) is 60.7 Å². The van der Waals surface area contributed by atoms with E-state index in [1.165, 1.54) is 6.07 Å². The Bertz CT molecular complexity index is 882. The fraction of sp³-hybridized carbons (Fsp3) is 0.318. The first kappa shape index (κ1) is 20.1. The lowest BCUT2D eigenvalue weighted by Crippen LogP contribution is -2.68. The third-order valence-electron chi connectivity index (χ3n) is 5.14. The van der Waals surface area contributed by atoms with Gasteiger partial charge in [0.1, 0.15) is 0 Å². The first-order valence-corrected chi connectivity index (χ1v) is 9.10. The van der Waals surface area contributed by atoms with Crippen LogP contribution in [0.5, 0.6) is 0 Å². The number of halogens is 3. The largest absolute Gasteiger partial charge is 0.416 e. The Balaban J connectivity index is 1.71. The number of allylic oxidation sites excluding steroid dienone is 1. The highest BCUT2D eigenvalue weighted by Crippen LogP contribution is 2.33. The maximum atomic E-state index is 12.8. The lowest BCUT2D eigenvalue weighted by atomic mass is 9.85. The summed E-state index contributed by atoms with van der Waals surface area (Å²) in [6.07, 6.45) is -0.923. The minimum Gasteiger partial charge on any atom is -0.335 e. The van der Waals surface area contributed by atoms with Crippen LogP contribution in [-0.4, -0.2) is 29.4 Å². The van der Waals surface area contributed by atoms with Crippen molar-refractivity contribution in [2.45, 2.75) is 31.5 Å². The second-order valence-corrected chi connectivity index (χ2v) is 7.46. The van der Waals surface area contributed by atoms with E-state index in [9.17, 15) is 18.0 Å². The van der Waals surface area contributed by atoms with E-state index in [2.05, 4.69) is 6.58 Å². The second-order valence-electron chi connectivity index (χ2n) is 7.46. The van der Waals surface area contributed by atoms with Gasteiger partial charge in [-0.15, -0.1) is 6.58 Å². The average molecular weight is 388 g/mol. The highest BCUT2D eigenvalue weighted by molar-refractivity contribution is 5.95. The molecular formula is C22H23F3N2O. The monoisotopic (exact) mass is 388 g/mol. The van der Waals surface area contributed by atoms with Crippen LogP contribution >= 0.6 is 0 Å². The van der Waals surface area contributed by atoms with Crippen molar-refractivity contribution in [1.29, 1.82) is 0 Å². The van der Waals surface area contributed by atoms with Gasteiger partial charge in [0.25, 0.3) is 5.91 Å². The molecule has 0 radical (unpaired) electrons. The number of hydrogen-bond donors (Lipinski definition) is 1. The molecule has 1 aliphatic rings. The van der Waals surface area contributed by atoms with Crippen molar-refractivity contribution in [3.8, 4) is 11.1 Å². The molecular weight excluding hydrogens is 365 g/mol. The Morgan fingerprint density at radius 3 is 2.39 bits per heavy atom. The smallest absolute Gasteiger partial charge is 0.335 e. The maximum Gasteiger partial charge on any atom is 0.416 e. The van der Waals surface area contributed by atoms with Crippen molar-refractivity contribution < 1.29 is 18.0 Å². The van der Waals surface area contributed by atoms with Gasteiger partial charge < -0.3 is 10.6 Å². The molecule has 0 saturated carbocycles. The van der Waals surface area contributed by atoms with E-state index in [0.717, 1.165) is 30.5 Å². The average Bonchev–Trinajstić information content (AvgIpc) is 2.63. The molecule has 2 aromatic rings. The summed E-state index contributed by atoms with van der Waals surface area (Å²) in [7, 11) is 0. The number of carbonyl (C=O) groups excluding carboxylic acids is 1. The fourth-order valence-electron chi connectivity index (χ4n) is 3.54. The quantitative estimate of drug-likeness (QED) is 0.748. The Morgan fingerprint density at radius 2 is 1.86 bits per heavy atom. The van der Waals surface area contributed by atoms with Gasteiger partial charge in [0.05, 0.1) is 11.1 Å². The number of aryl methyl sites for hydroxylation is 1. The number of alkyl halides is 3. The highest BCUT2D eigenvalue weighted by atomic mass is 19.4. The summed E-state index contributed by atoms with van der Waals surface area (Å²) >= 11 is 0. The van der Waals surface area contributed by atoms with Gasteiger partial charge in [0, 0.05) is 18.7 Å². The molecule has 2 N–H and O–H groups in total. The molecule has 0 atom stereocenters. The lowest BCUT2D eigenvalue weighted by Gasteiger charge is -2.47. The second kappa shape index (κ2) is 7.43. The first-order valence-electron chi connectivity index (χ1n) is 9.10. The van der Waals surface area contributed by atoms with Crippen molar-refractivity contribution in [3.63, 3.8) is 0 Å². The zero-order valence-corrected chi connectivity index (χ0v) is 15.7. The summed E-state index contributed by atoms with van der Waals surface area (Å²) in [6, 6.07) is 10.6. The van der Waals surface area contributed by atoms with E-state index >= 15 is 0 Å². The highest BCUT2D eigenvalue weighted by Gasteiger charge is 2.41. The van der Waals surface area contributed by atoms with Crippen LogP contribution in [0.25, 0.3) is 11.1 Å². The molecule has 28 heavy (non-hydrogen) atoms. The van der Waals surface area contributed by atoms with E-state index in [1.807, 2.05) is 6.08 Å². The van der Waals surface area contributed by atoms with Gasteiger partial charge in [-0.25, -0.2) is 0 Å². The third-order valence-corrected chi connectivity index (χ3v) is 5.14. The summed E-state index contributed by atoms with van der Waals surface area (Å²) in [5.41, 5.74) is 7.77. The zero-order valence-electron chi connectivity index (χ0n) is 15.7. The minimum absolute atomic E-state index is 0.0876.